The Balaban J connectivity index is 1.45. The van der Waals surface area contributed by atoms with Crippen LogP contribution in [0.5, 0.6) is 5.75 Å². The van der Waals surface area contributed by atoms with E-state index in [2.05, 4.69) is 34.6 Å². The molecule has 0 bridgehead atoms. The number of hydrogen-bond acceptors (Lipinski definition) is 4. The number of piperidine rings is 1. The number of rotatable bonds is 8. The first-order valence-corrected chi connectivity index (χ1v) is 11.2. The van der Waals surface area contributed by atoms with E-state index >= 15 is 0 Å². The quantitative estimate of drug-likeness (QED) is 0.462. The third-order valence-electron chi connectivity index (χ3n) is 5.18. The number of benzene rings is 2. The number of nitrogens with one attached hydrogen (secondary N) is 2. The molecule has 0 unspecified atom stereocenters. The van der Waals surface area contributed by atoms with Crippen molar-refractivity contribution in [1.82, 2.24) is 10.2 Å². The number of ether oxygens (including phenoxy) is 1. The van der Waals surface area contributed by atoms with E-state index in [1.807, 2.05) is 24.3 Å². The van der Waals surface area contributed by atoms with Gasteiger partial charge < -0.3 is 10.1 Å². The number of nitrogens with zero attached hydrogens (tertiary/aromatic N) is 1. The molecule has 0 spiro atoms. The van der Waals surface area contributed by atoms with E-state index in [9.17, 15) is 4.79 Å². The lowest BCUT2D eigenvalue weighted by atomic mass is 10.1. The first-order chi connectivity index (χ1) is 14.6. The predicted octanol–water partition coefficient (Wildman–Crippen LogP) is 4.98. The summed E-state index contributed by atoms with van der Waals surface area (Å²) in [7, 11) is 0. The Hall–Kier alpha value is -2.44. The summed E-state index contributed by atoms with van der Waals surface area (Å²) in [5.74, 6) is 0.527. The second-order valence-corrected chi connectivity index (χ2v) is 8.08. The fourth-order valence-corrected chi connectivity index (χ4v) is 3.65. The lowest BCUT2D eigenvalue weighted by Gasteiger charge is -2.26. The average molecular weight is 426 g/mol. The zero-order valence-electron chi connectivity index (χ0n) is 17.7. The first-order valence-electron chi connectivity index (χ1n) is 10.8. The molecule has 6 heteroatoms. The minimum atomic E-state index is -0.241. The summed E-state index contributed by atoms with van der Waals surface area (Å²) in [4.78, 5) is 14.9. The Kier molecular flexibility index (Phi) is 8.66. The maximum atomic E-state index is 12.4. The predicted molar refractivity (Wildman–Crippen MR) is 126 cm³/mol. The third kappa shape index (κ3) is 7.11. The number of hydrogen-bond donors (Lipinski definition) is 2. The van der Waals surface area contributed by atoms with Gasteiger partial charge in [0.1, 0.15) is 5.75 Å². The monoisotopic (exact) mass is 425 g/mol. The van der Waals surface area contributed by atoms with E-state index in [1.54, 1.807) is 12.1 Å². The minimum absolute atomic E-state index is 0.241. The first kappa shape index (κ1) is 22.2. The Bertz CT molecular complexity index is 815. The van der Waals surface area contributed by atoms with Crippen molar-refractivity contribution in [3.05, 3.63) is 59.7 Å². The van der Waals surface area contributed by atoms with E-state index in [4.69, 9.17) is 17.0 Å². The molecule has 1 amide bonds. The fraction of sp³-hybridized carbons (Fsp3) is 0.417. The molecule has 160 valence electrons. The largest absolute Gasteiger partial charge is 0.494 e. The van der Waals surface area contributed by atoms with Crippen molar-refractivity contribution in [2.24, 2.45) is 0 Å². The number of carbonyl (C=O) groups is 1. The molecule has 1 aliphatic rings. The maximum Gasteiger partial charge on any atom is 0.257 e. The normalized spacial score (nSPS) is 14.2. The number of amides is 1. The van der Waals surface area contributed by atoms with Gasteiger partial charge >= 0.3 is 0 Å². The Labute approximate surface area is 184 Å². The topological polar surface area (TPSA) is 53.6 Å². The standard InChI is InChI=1S/C24H31N3O2S/c1-2-3-17-29-22-13-9-20(10-14-22)23(28)26-24(30)25-21-11-7-19(8-12-21)18-27-15-5-4-6-16-27/h7-14H,2-6,15-18H2,1H3,(H2,25,26,28,30). The van der Waals surface area contributed by atoms with Gasteiger partial charge in [-0.3, -0.25) is 15.0 Å². The second kappa shape index (κ2) is 11.7. The molecule has 1 aliphatic heterocycles. The van der Waals surface area contributed by atoms with Crippen LogP contribution in [0.3, 0.4) is 0 Å². The van der Waals surface area contributed by atoms with Gasteiger partial charge in [0.15, 0.2) is 5.11 Å². The number of unbranched alkanes of at least 4 members (excludes halogenated alkanes) is 1. The molecule has 1 heterocycles. The number of thiocarbonyl (C=S) groups is 1. The van der Waals surface area contributed by atoms with Crippen LogP contribution in [0.2, 0.25) is 0 Å². The highest BCUT2D eigenvalue weighted by atomic mass is 32.1. The smallest absolute Gasteiger partial charge is 0.257 e. The highest BCUT2D eigenvalue weighted by Crippen LogP contribution is 2.16. The minimum Gasteiger partial charge on any atom is -0.494 e. The molecule has 0 aliphatic carbocycles. The number of anilines is 1. The summed E-state index contributed by atoms with van der Waals surface area (Å²) in [5.41, 5.74) is 2.69. The highest BCUT2D eigenvalue weighted by Gasteiger charge is 2.11. The van der Waals surface area contributed by atoms with Crippen molar-refractivity contribution < 1.29 is 9.53 Å². The molecule has 0 saturated carbocycles. The molecule has 0 radical (unpaired) electrons. The Morgan fingerprint density at radius 1 is 1.03 bits per heavy atom. The van der Waals surface area contributed by atoms with Crippen LogP contribution in [0.1, 0.15) is 54.9 Å². The van der Waals surface area contributed by atoms with Gasteiger partial charge in [0.05, 0.1) is 6.61 Å². The zero-order valence-corrected chi connectivity index (χ0v) is 18.5. The lowest BCUT2D eigenvalue weighted by molar-refractivity contribution is 0.0977. The van der Waals surface area contributed by atoms with Gasteiger partial charge in [0.2, 0.25) is 0 Å². The van der Waals surface area contributed by atoms with Crippen LogP contribution in [-0.2, 0) is 6.54 Å². The van der Waals surface area contributed by atoms with Crippen LogP contribution >= 0.6 is 12.2 Å². The van der Waals surface area contributed by atoms with Gasteiger partial charge in [-0.2, -0.15) is 0 Å². The molecule has 1 saturated heterocycles. The zero-order chi connectivity index (χ0) is 21.2. The summed E-state index contributed by atoms with van der Waals surface area (Å²) in [6.07, 6.45) is 6.04. The fourth-order valence-electron chi connectivity index (χ4n) is 3.44. The number of carbonyl (C=O) groups excluding carboxylic acids is 1. The van der Waals surface area contributed by atoms with Gasteiger partial charge in [-0.15, -0.1) is 0 Å². The summed E-state index contributed by atoms with van der Waals surface area (Å²) in [6, 6.07) is 15.3. The van der Waals surface area contributed by atoms with Gasteiger partial charge in [0, 0.05) is 17.8 Å². The van der Waals surface area contributed by atoms with Crippen molar-refractivity contribution in [2.45, 2.75) is 45.6 Å². The van der Waals surface area contributed by atoms with E-state index in [1.165, 1.54) is 37.9 Å². The summed E-state index contributed by atoms with van der Waals surface area (Å²) >= 11 is 5.30. The SMILES string of the molecule is CCCCOc1ccc(C(=O)NC(=S)Nc2ccc(CN3CCCCC3)cc2)cc1. The van der Waals surface area contributed by atoms with Crippen molar-refractivity contribution in [3.63, 3.8) is 0 Å². The van der Waals surface area contributed by atoms with Crippen molar-refractivity contribution in [3.8, 4) is 5.75 Å². The van der Waals surface area contributed by atoms with Crippen LogP contribution < -0.4 is 15.4 Å². The van der Waals surface area contributed by atoms with Crippen molar-refractivity contribution >= 4 is 28.9 Å². The summed E-state index contributed by atoms with van der Waals surface area (Å²) in [5, 5.41) is 6.09. The molecule has 5 nitrogen and oxygen atoms in total. The highest BCUT2D eigenvalue weighted by molar-refractivity contribution is 7.80. The molecule has 30 heavy (non-hydrogen) atoms. The third-order valence-corrected chi connectivity index (χ3v) is 5.38. The van der Waals surface area contributed by atoms with E-state index in [0.717, 1.165) is 30.8 Å². The van der Waals surface area contributed by atoms with Gasteiger partial charge in [0.25, 0.3) is 5.91 Å². The molecule has 2 aromatic carbocycles. The molecule has 2 N–H and O–H groups in total. The van der Waals surface area contributed by atoms with Gasteiger partial charge in [-0.1, -0.05) is 31.9 Å². The molecular weight excluding hydrogens is 394 g/mol. The van der Waals surface area contributed by atoms with Crippen LogP contribution in [0, 0.1) is 0 Å². The maximum absolute atomic E-state index is 12.4. The molecular formula is C24H31N3O2S. The molecule has 0 atom stereocenters. The molecule has 1 fully saturated rings. The number of likely N-dealkylation sites (tertiary alicyclic amines) is 1. The van der Waals surface area contributed by atoms with Crippen LogP contribution in [0.15, 0.2) is 48.5 Å². The van der Waals surface area contributed by atoms with Crippen LogP contribution in [-0.4, -0.2) is 35.6 Å². The van der Waals surface area contributed by atoms with Gasteiger partial charge in [-0.05, 0) is 86.5 Å². The Morgan fingerprint density at radius 2 is 1.73 bits per heavy atom. The van der Waals surface area contributed by atoms with Crippen molar-refractivity contribution in [1.29, 1.82) is 0 Å². The molecule has 0 aromatic heterocycles. The van der Waals surface area contributed by atoms with Crippen LogP contribution in [0.4, 0.5) is 5.69 Å². The lowest BCUT2D eigenvalue weighted by Crippen LogP contribution is -2.34. The summed E-state index contributed by atoms with van der Waals surface area (Å²) in [6.45, 7) is 6.16. The van der Waals surface area contributed by atoms with E-state index < -0.39 is 0 Å². The summed E-state index contributed by atoms with van der Waals surface area (Å²) < 4.78 is 5.63. The average Bonchev–Trinajstić information content (AvgIpc) is 2.76. The van der Waals surface area contributed by atoms with Crippen molar-refractivity contribution in [2.75, 3.05) is 25.0 Å². The molecule has 3 rings (SSSR count). The second-order valence-electron chi connectivity index (χ2n) is 7.67. The van der Waals surface area contributed by atoms with E-state index in [0.29, 0.717) is 12.2 Å². The Morgan fingerprint density at radius 3 is 2.40 bits per heavy atom. The van der Waals surface area contributed by atoms with Gasteiger partial charge in [-0.25, -0.2) is 0 Å². The van der Waals surface area contributed by atoms with Crippen LogP contribution in [0.25, 0.3) is 0 Å². The molecule has 2 aromatic rings. The van der Waals surface area contributed by atoms with E-state index in [-0.39, 0.29) is 11.0 Å².